The highest BCUT2D eigenvalue weighted by Gasteiger charge is 2.32. The van der Waals surface area contributed by atoms with Crippen LogP contribution in [0.25, 0.3) is 0 Å². The molecular weight excluding hydrogens is 336 g/mol. The van der Waals surface area contributed by atoms with E-state index in [4.69, 9.17) is 9.47 Å². The van der Waals surface area contributed by atoms with Gasteiger partial charge in [-0.1, -0.05) is 13.8 Å². The van der Waals surface area contributed by atoms with Crippen LogP contribution in [0.5, 0.6) is 0 Å². The van der Waals surface area contributed by atoms with Gasteiger partial charge in [0, 0.05) is 34.2 Å². The lowest BCUT2D eigenvalue weighted by Gasteiger charge is -2.34. The number of ether oxygens (including phenoxy) is 2. The average Bonchev–Trinajstić information content (AvgIpc) is 2.55. The Hall–Kier alpha value is -1.47. The van der Waals surface area contributed by atoms with Crippen LogP contribution in [0, 0.1) is 5.92 Å². The Morgan fingerprint density at radius 2 is 1.65 bits per heavy atom. The van der Waals surface area contributed by atoms with E-state index in [9.17, 15) is 14.4 Å². The van der Waals surface area contributed by atoms with Crippen molar-refractivity contribution in [3.05, 3.63) is 0 Å². The van der Waals surface area contributed by atoms with Crippen molar-refractivity contribution < 1.29 is 26.7 Å². The number of Topliss-reactive ketones (excluding diaryl/α,β-unsaturated/α-hetero) is 1. The second-order valence-corrected chi connectivity index (χ2v) is 6.43. The van der Waals surface area contributed by atoms with Crippen LogP contribution >= 0.6 is 0 Å². The summed E-state index contributed by atoms with van der Waals surface area (Å²) in [4.78, 5) is 34.2. The lowest BCUT2D eigenvalue weighted by Crippen LogP contribution is -2.46. The quantitative estimate of drug-likeness (QED) is 0.510. The standard InChI is InChI=1S/C17H30N2O5.C2H6.2H2/c1-12(2)24-8-5-16(21)18-6-9-23-7-4-17(22)19-15-10-14(11-15)13(3)20;1-2;;/h12,14-15H,4-11H2,1-3H3,(H,18,21)(H,19,22);1-2H3;2*1H. The molecule has 0 aromatic rings. The number of ketones is 1. The van der Waals surface area contributed by atoms with Gasteiger partial charge in [-0.05, 0) is 33.6 Å². The van der Waals surface area contributed by atoms with Crippen molar-refractivity contribution >= 4 is 17.6 Å². The van der Waals surface area contributed by atoms with E-state index in [0.717, 1.165) is 12.8 Å². The minimum atomic E-state index is -0.0676. The Morgan fingerprint density at radius 3 is 2.23 bits per heavy atom. The third kappa shape index (κ3) is 12.0. The molecule has 0 aromatic carbocycles. The molecule has 1 fully saturated rings. The third-order valence-electron chi connectivity index (χ3n) is 3.90. The van der Waals surface area contributed by atoms with Crippen LogP contribution in [0.15, 0.2) is 0 Å². The predicted octanol–water partition coefficient (Wildman–Crippen LogP) is 2.33. The van der Waals surface area contributed by atoms with Crippen molar-refractivity contribution in [2.24, 2.45) is 5.92 Å². The Labute approximate surface area is 160 Å². The molecule has 0 heterocycles. The first-order valence-corrected chi connectivity index (χ1v) is 9.64. The normalized spacial score (nSPS) is 18.4. The van der Waals surface area contributed by atoms with Gasteiger partial charge < -0.3 is 20.1 Å². The molecular formula is C19H40N2O5. The van der Waals surface area contributed by atoms with Crippen LogP contribution in [0.4, 0.5) is 0 Å². The molecule has 0 spiro atoms. The molecule has 7 nitrogen and oxygen atoms in total. The van der Waals surface area contributed by atoms with Gasteiger partial charge in [0.1, 0.15) is 5.78 Å². The van der Waals surface area contributed by atoms with Gasteiger partial charge in [-0.2, -0.15) is 0 Å². The van der Waals surface area contributed by atoms with Gasteiger partial charge in [-0.15, -0.1) is 0 Å². The second kappa shape index (κ2) is 14.7. The van der Waals surface area contributed by atoms with Crippen LogP contribution in [0.1, 0.15) is 63.2 Å². The van der Waals surface area contributed by atoms with Crippen LogP contribution < -0.4 is 10.6 Å². The molecule has 0 unspecified atom stereocenters. The van der Waals surface area contributed by atoms with Crippen molar-refractivity contribution in [2.45, 2.75) is 72.4 Å². The Morgan fingerprint density at radius 1 is 1.04 bits per heavy atom. The topological polar surface area (TPSA) is 93.7 Å². The van der Waals surface area contributed by atoms with Gasteiger partial charge in [-0.25, -0.2) is 0 Å². The number of carbonyl (C=O) groups is 3. The highest BCUT2D eigenvalue weighted by Crippen LogP contribution is 2.27. The summed E-state index contributed by atoms with van der Waals surface area (Å²) in [6.07, 6.45) is 2.24. The molecule has 156 valence electrons. The minimum absolute atomic E-state index is 0. The molecule has 0 saturated heterocycles. The molecule has 26 heavy (non-hydrogen) atoms. The molecule has 7 heteroatoms. The van der Waals surface area contributed by atoms with E-state index in [0.29, 0.717) is 32.8 Å². The predicted molar refractivity (Wildman–Crippen MR) is 105 cm³/mol. The minimum Gasteiger partial charge on any atom is -0.379 e. The van der Waals surface area contributed by atoms with E-state index in [1.165, 1.54) is 0 Å². The Kier molecular flexibility index (Phi) is 13.8. The summed E-state index contributed by atoms with van der Waals surface area (Å²) >= 11 is 0. The highest BCUT2D eigenvalue weighted by atomic mass is 16.5. The summed E-state index contributed by atoms with van der Waals surface area (Å²) in [5.41, 5.74) is 0. The maximum Gasteiger partial charge on any atom is 0.222 e. The largest absolute Gasteiger partial charge is 0.379 e. The molecule has 0 aliphatic heterocycles. The van der Waals surface area contributed by atoms with Crippen molar-refractivity contribution in [3.8, 4) is 0 Å². The zero-order valence-corrected chi connectivity index (χ0v) is 16.9. The first-order valence-electron chi connectivity index (χ1n) is 9.64. The molecule has 1 aliphatic carbocycles. The average molecular weight is 377 g/mol. The smallest absolute Gasteiger partial charge is 0.222 e. The summed E-state index contributed by atoms with van der Waals surface area (Å²) in [5.74, 6) is 0.182. The third-order valence-corrected chi connectivity index (χ3v) is 3.90. The highest BCUT2D eigenvalue weighted by molar-refractivity contribution is 5.80. The fraction of sp³-hybridized carbons (Fsp3) is 0.842. The Balaban J connectivity index is -0.00000151. The van der Waals surface area contributed by atoms with Gasteiger partial charge in [-0.3, -0.25) is 14.4 Å². The monoisotopic (exact) mass is 376 g/mol. The van der Waals surface area contributed by atoms with Gasteiger partial charge >= 0.3 is 0 Å². The molecule has 1 saturated carbocycles. The first-order chi connectivity index (χ1) is 12.4. The molecule has 0 bridgehead atoms. The maximum absolute atomic E-state index is 11.7. The van der Waals surface area contributed by atoms with Crippen molar-refractivity contribution in [1.82, 2.24) is 10.6 Å². The lowest BCUT2D eigenvalue weighted by atomic mass is 9.78. The summed E-state index contributed by atoms with van der Waals surface area (Å²) in [5, 5.41) is 5.62. The van der Waals surface area contributed by atoms with Crippen molar-refractivity contribution in [1.29, 1.82) is 0 Å². The SMILES string of the molecule is CC.CC(=O)C1CC(NC(=O)CCOCCNC(=O)CCOC(C)C)C1.[HH].[HH]. The van der Waals surface area contributed by atoms with E-state index < -0.39 is 0 Å². The summed E-state index contributed by atoms with van der Waals surface area (Å²) in [6.45, 7) is 11.0. The van der Waals surface area contributed by atoms with Gasteiger partial charge in [0.2, 0.25) is 11.8 Å². The number of amides is 2. The summed E-state index contributed by atoms with van der Waals surface area (Å²) < 4.78 is 10.6. The van der Waals surface area contributed by atoms with E-state index in [1.54, 1.807) is 6.92 Å². The zero-order chi connectivity index (χ0) is 19.9. The van der Waals surface area contributed by atoms with Gasteiger partial charge in [0.25, 0.3) is 0 Å². The Bertz CT molecular complexity index is 431. The van der Waals surface area contributed by atoms with E-state index >= 15 is 0 Å². The van der Waals surface area contributed by atoms with Gasteiger partial charge in [0.15, 0.2) is 0 Å². The summed E-state index contributed by atoms with van der Waals surface area (Å²) in [7, 11) is 0. The van der Waals surface area contributed by atoms with Gasteiger partial charge in [0.05, 0.1) is 25.9 Å². The molecule has 0 radical (unpaired) electrons. The number of rotatable bonds is 12. The molecule has 0 atom stereocenters. The van der Waals surface area contributed by atoms with Crippen LogP contribution in [0.2, 0.25) is 0 Å². The number of nitrogens with one attached hydrogen (secondary N) is 2. The molecule has 1 rings (SSSR count). The second-order valence-electron chi connectivity index (χ2n) is 6.43. The number of carbonyl (C=O) groups excluding carboxylic acids is 3. The molecule has 2 amide bonds. The number of hydrogen-bond acceptors (Lipinski definition) is 5. The maximum atomic E-state index is 11.7. The summed E-state index contributed by atoms with van der Waals surface area (Å²) in [6, 6.07) is 0.124. The van der Waals surface area contributed by atoms with Crippen molar-refractivity contribution in [2.75, 3.05) is 26.4 Å². The van der Waals surface area contributed by atoms with Crippen LogP contribution in [-0.4, -0.2) is 56.1 Å². The number of hydrogen-bond donors (Lipinski definition) is 2. The van der Waals surface area contributed by atoms with Crippen molar-refractivity contribution in [3.63, 3.8) is 0 Å². The molecule has 2 N–H and O–H groups in total. The van der Waals surface area contributed by atoms with E-state index in [2.05, 4.69) is 10.6 Å². The van der Waals surface area contributed by atoms with E-state index in [1.807, 2.05) is 27.7 Å². The fourth-order valence-electron chi connectivity index (χ4n) is 2.37. The zero-order valence-electron chi connectivity index (χ0n) is 16.9. The van der Waals surface area contributed by atoms with E-state index in [-0.39, 0.29) is 44.9 Å². The lowest BCUT2D eigenvalue weighted by molar-refractivity contribution is -0.128. The molecule has 1 aliphatic rings. The van der Waals surface area contributed by atoms with Crippen LogP contribution in [-0.2, 0) is 23.9 Å². The first kappa shape index (κ1) is 24.5. The fourth-order valence-corrected chi connectivity index (χ4v) is 2.37. The van der Waals surface area contributed by atoms with Crippen LogP contribution in [0.3, 0.4) is 0 Å². The molecule has 0 aromatic heterocycles.